The summed E-state index contributed by atoms with van der Waals surface area (Å²) in [5.74, 6) is -0.340. The van der Waals surface area contributed by atoms with Crippen LogP contribution in [0, 0.1) is 0 Å². The molecule has 178 valence electrons. The van der Waals surface area contributed by atoms with Crippen molar-refractivity contribution in [1.82, 2.24) is 0 Å². The van der Waals surface area contributed by atoms with Crippen molar-refractivity contribution < 1.29 is 33.6 Å². The molecule has 0 unspecified atom stereocenters. The lowest BCUT2D eigenvalue weighted by Crippen LogP contribution is -2.11. The molecule has 0 amide bonds. The van der Waals surface area contributed by atoms with E-state index < -0.39 is 5.97 Å². The van der Waals surface area contributed by atoms with Gasteiger partial charge < -0.3 is 24.1 Å². The molecule has 0 atom stereocenters. The number of methoxy groups -OCH3 is 2. The van der Waals surface area contributed by atoms with E-state index in [0.717, 1.165) is 10.4 Å². The molecule has 2 aromatic carbocycles. The molecule has 1 N–H and O–H groups in total. The van der Waals surface area contributed by atoms with Crippen LogP contribution < -0.4 is 9.47 Å². The summed E-state index contributed by atoms with van der Waals surface area (Å²) in [6, 6.07) is 13.2. The second kappa shape index (κ2) is 12.1. The Bertz CT molecular complexity index is 1130. The maximum atomic E-state index is 13.1. The van der Waals surface area contributed by atoms with Gasteiger partial charge in [-0.2, -0.15) is 0 Å². The largest absolute Gasteiger partial charge is 0.496 e. The summed E-state index contributed by atoms with van der Waals surface area (Å²) in [6.45, 7) is 5.73. The number of hydrogen-bond acceptors (Lipinski definition) is 7. The number of carboxylic acids is 1. The van der Waals surface area contributed by atoms with Crippen LogP contribution in [0.5, 0.6) is 11.5 Å². The van der Waals surface area contributed by atoms with Gasteiger partial charge in [0, 0.05) is 40.3 Å². The molecule has 0 aliphatic carbocycles. The van der Waals surface area contributed by atoms with Gasteiger partial charge in [-0.15, -0.1) is 11.3 Å². The molecule has 8 heteroatoms. The molecule has 3 aromatic rings. The minimum absolute atomic E-state index is 0.104. The number of rotatable bonds is 13. The topological polar surface area (TPSA) is 91.3 Å². The Labute approximate surface area is 202 Å². The lowest BCUT2D eigenvalue weighted by atomic mass is 9.94. The highest BCUT2D eigenvalue weighted by Gasteiger charge is 2.21. The average molecular weight is 483 g/mol. The van der Waals surface area contributed by atoms with Crippen LogP contribution in [0.25, 0.3) is 16.0 Å². The Morgan fingerprint density at radius 1 is 0.941 bits per heavy atom. The number of ketones is 1. The molecule has 0 fully saturated rings. The van der Waals surface area contributed by atoms with Crippen LogP contribution in [0.15, 0.2) is 60.5 Å². The summed E-state index contributed by atoms with van der Waals surface area (Å²) >= 11 is 1.54. The van der Waals surface area contributed by atoms with Crippen molar-refractivity contribution in [3.05, 3.63) is 77.2 Å². The number of carbonyl (C=O) groups is 2. The van der Waals surface area contributed by atoms with Crippen molar-refractivity contribution in [3.63, 3.8) is 0 Å². The molecule has 0 aliphatic heterocycles. The van der Waals surface area contributed by atoms with Gasteiger partial charge in [-0.3, -0.25) is 4.79 Å². The van der Waals surface area contributed by atoms with E-state index in [0.29, 0.717) is 49.1 Å². The van der Waals surface area contributed by atoms with E-state index in [1.807, 2.05) is 23.6 Å². The van der Waals surface area contributed by atoms with E-state index in [9.17, 15) is 9.59 Å². The zero-order chi connectivity index (χ0) is 24.5. The zero-order valence-electron chi connectivity index (χ0n) is 19.0. The summed E-state index contributed by atoms with van der Waals surface area (Å²) in [6.07, 6.45) is 0. The summed E-state index contributed by atoms with van der Waals surface area (Å²) < 4.78 is 22.0. The van der Waals surface area contributed by atoms with E-state index >= 15 is 0 Å². The lowest BCUT2D eigenvalue weighted by Gasteiger charge is -2.17. The predicted molar refractivity (Wildman–Crippen MR) is 131 cm³/mol. The highest BCUT2D eigenvalue weighted by atomic mass is 32.1. The molecule has 3 rings (SSSR count). The summed E-state index contributed by atoms with van der Waals surface area (Å²) in [7, 11) is 3.13. The fourth-order valence-corrected chi connectivity index (χ4v) is 3.97. The number of aromatic carboxylic acids is 1. The number of carbonyl (C=O) groups excluding carboxylic acids is 1. The van der Waals surface area contributed by atoms with Crippen LogP contribution in [-0.2, 0) is 9.47 Å². The quantitative estimate of drug-likeness (QED) is 0.207. The molecule has 0 bridgehead atoms. The number of benzene rings is 2. The van der Waals surface area contributed by atoms with Crippen LogP contribution in [0.1, 0.15) is 26.3 Å². The summed E-state index contributed by atoms with van der Waals surface area (Å²) in [5.41, 5.74) is 2.00. The third kappa shape index (κ3) is 6.11. The molecular weight excluding hydrogens is 456 g/mol. The second-order valence-electron chi connectivity index (χ2n) is 7.17. The molecule has 1 aromatic heterocycles. The fraction of sp³-hybridized carbons (Fsp3) is 0.231. The molecule has 0 spiro atoms. The first-order chi connectivity index (χ1) is 16.5. The van der Waals surface area contributed by atoms with Gasteiger partial charge in [0.25, 0.3) is 0 Å². The van der Waals surface area contributed by atoms with E-state index in [-0.39, 0.29) is 16.9 Å². The van der Waals surface area contributed by atoms with Gasteiger partial charge in [-0.1, -0.05) is 24.8 Å². The van der Waals surface area contributed by atoms with E-state index in [4.69, 9.17) is 24.1 Å². The first-order valence-corrected chi connectivity index (χ1v) is 11.4. The van der Waals surface area contributed by atoms with Crippen molar-refractivity contribution in [3.8, 4) is 21.9 Å². The third-order valence-electron chi connectivity index (χ3n) is 5.00. The van der Waals surface area contributed by atoms with Gasteiger partial charge in [0.2, 0.25) is 0 Å². The SMILES string of the molecule is C=C(C(=O)c1ccc(C(=O)O)cc1)c1cc(-c2cccs2)c(OCCOCCOC)cc1OC. The Morgan fingerprint density at radius 3 is 2.26 bits per heavy atom. The van der Waals surface area contributed by atoms with Crippen LogP contribution in [0.2, 0.25) is 0 Å². The molecule has 0 aliphatic rings. The van der Waals surface area contributed by atoms with Crippen molar-refractivity contribution in [2.75, 3.05) is 40.6 Å². The smallest absolute Gasteiger partial charge is 0.335 e. The maximum Gasteiger partial charge on any atom is 0.335 e. The van der Waals surface area contributed by atoms with Gasteiger partial charge in [-0.25, -0.2) is 4.79 Å². The number of carboxylic acid groups (broad SMARTS) is 1. The van der Waals surface area contributed by atoms with Gasteiger partial charge in [0.15, 0.2) is 5.78 Å². The summed E-state index contributed by atoms with van der Waals surface area (Å²) in [4.78, 5) is 25.2. The monoisotopic (exact) mass is 482 g/mol. The number of Topliss-reactive ketones (excluding diaryl/α,β-unsaturated/α-hetero) is 1. The molecule has 1 heterocycles. The highest BCUT2D eigenvalue weighted by Crippen LogP contribution is 2.41. The van der Waals surface area contributed by atoms with Crippen LogP contribution in [0.3, 0.4) is 0 Å². The Morgan fingerprint density at radius 2 is 1.65 bits per heavy atom. The lowest BCUT2D eigenvalue weighted by molar-refractivity contribution is 0.0545. The van der Waals surface area contributed by atoms with Crippen LogP contribution in [0.4, 0.5) is 0 Å². The van der Waals surface area contributed by atoms with Gasteiger partial charge >= 0.3 is 5.97 Å². The minimum atomic E-state index is -1.06. The van der Waals surface area contributed by atoms with Crippen molar-refractivity contribution in [2.45, 2.75) is 0 Å². The van der Waals surface area contributed by atoms with Crippen LogP contribution in [-0.4, -0.2) is 57.5 Å². The molecule has 34 heavy (non-hydrogen) atoms. The first kappa shape index (κ1) is 25.2. The van der Waals surface area contributed by atoms with Crippen molar-refractivity contribution in [2.24, 2.45) is 0 Å². The second-order valence-corrected chi connectivity index (χ2v) is 8.12. The molecule has 7 nitrogen and oxygen atoms in total. The van der Waals surface area contributed by atoms with Gasteiger partial charge in [0.1, 0.15) is 18.1 Å². The molecule has 0 saturated carbocycles. The Hall–Kier alpha value is -3.46. The zero-order valence-corrected chi connectivity index (χ0v) is 19.9. The highest BCUT2D eigenvalue weighted by molar-refractivity contribution is 7.13. The number of thiophene rings is 1. The van der Waals surface area contributed by atoms with Gasteiger partial charge in [-0.05, 0) is 29.6 Å². The first-order valence-electron chi connectivity index (χ1n) is 10.5. The van der Waals surface area contributed by atoms with Crippen molar-refractivity contribution >= 4 is 28.7 Å². The molecule has 0 saturated heterocycles. The number of ether oxygens (including phenoxy) is 4. The Balaban J connectivity index is 1.89. The van der Waals surface area contributed by atoms with E-state index in [1.54, 1.807) is 24.5 Å². The fourth-order valence-electron chi connectivity index (χ4n) is 3.23. The van der Waals surface area contributed by atoms with Gasteiger partial charge in [0.05, 0.1) is 32.5 Å². The minimum Gasteiger partial charge on any atom is -0.496 e. The average Bonchev–Trinajstić information content (AvgIpc) is 3.39. The normalized spacial score (nSPS) is 10.6. The predicted octanol–water partition coefficient (Wildman–Crippen LogP) is 5.06. The van der Waals surface area contributed by atoms with E-state index in [1.165, 1.54) is 31.4 Å². The number of hydrogen-bond donors (Lipinski definition) is 1. The number of allylic oxidation sites excluding steroid dienone is 1. The van der Waals surface area contributed by atoms with Crippen LogP contribution >= 0.6 is 11.3 Å². The van der Waals surface area contributed by atoms with Crippen molar-refractivity contribution in [1.29, 1.82) is 0 Å². The summed E-state index contributed by atoms with van der Waals surface area (Å²) in [5, 5.41) is 11.0. The Kier molecular flexibility index (Phi) is 8.98. The molecular formula is C26H26O7S. The standard InChI is InChI=1S/C26H26O7S/c1-17(25(27)18-6-8-19(9-7-18)26(28)29)20-15-21(24-5-4-14-34-24)23(16-22(20)31-3)33-13-12-32-11-10-30-2/h4-9,14-16H,1,10-13H2,2-3H3,(H,28,29). The molecule has 0 radical (unpaired) electrons. The maximum absolute atomic E-state index is 13.1. The van der Waals surface area contributed by atoms with E-state index in [2.05, 4.69) is 6.58 Å². The third-order valence-corrected chi connectivity index (χ3v) is 5.90.